The van der Waals surface area contributed by atoms with E-state index in [9.17, 15) is 9.59 Å². The average molecular weight is 229 g/mol. The third-order valence-electron chi connectivity index (χ3n) is 2.90. The molecule has 0 unspecified atom stereocenters. The molecule has 0 aromatic heterocycles. The highest BCUT2D eigenvalue weighted by Crippen LogP contribution is 2.30. The van der Waals surface area contributed by atoms with Crippen molar-refractivity contribution in [3.63, 3.8) is 0 Å². The average Bonchev–Trinajstić information content (AvgIpc) is 2.73. The van der Waals surface area contributed by atoms with E-state index in [0.717, 1.165) is 0 Å². The zero-order valence-corrected chi connectivity index (χ0v) is 9.57. The number of hydrogen-bond donors (Lipinski definition) is 2. The van der Waals surface area contributed by atoms with Crippen LogP contribution in [0.4, 0.5) is 0 Å². The van der Waals surface area contributed by atoms with Gasteiger partial charge in [-0.05, 0) is 26.2 Å². The van der Waals surface area contributed by atoms with Crippen molar-refractivity contribution < 1.29 is 19.4 Å². The van der Waals surface area contributed by atoms with Crippen LogP contribution >= 0.6 is 0 Å². The molecule has 0 aromatic rings. The first-order chi connectivity index (χ1) is 7.65. The van der Waals surface area contributed by atoms with E-state index in [1.165, 1.54) is 0 Å². The van der Waals surface area contributed by atoms with Crippen LogP contribution in [0.15, 0.2) is 0 Å². The highest BCUT2D eigenvalue weighted by molar-refractivity contribution is 5.80. The van der Waals surface area contributed by atoms with Crippen molar-refractivity contribution in [1.29, 1.82) is 0 Å². The number of aliphatic carboxylic acids is 1. The van der Waals surface area contributed by atoms with E-state index in [2.05, 4.69) is 5.32 Å². The standard InChI is InChI=1S/C11H19NO4/c1-2-16-6-5-12-10(13)8-3-4-9(7-8)11(14)15/h8-9H,2-7H2,1H3,(H,12,13)(H,14,15)/t8-,9+/m1/s1. The van der Waals surface area contributed by atoms with E-state index in [1.54, 1.807) is 0 Å². The fourth-order valence-corrected chi connectivity index (χ4v) is 1.98. The summed E-state index contributed by atoms with van der Waals surface area (Å²) in [4.78, 5) is 22.3. The molecule has 0 aliphatic heterocycles. The molecule has 0 bridgehead atoms. The maximum atomic E-state index is 11.6. The van der Waals surface area contributed by atoms with Gasteiger partial charge >= 0.3 is 5.97 Å². The van der Waals surface area contributed by atoms with Crippen LogP contribution in [-0.4, -0.2) is 36.7 Å². The Labute approximate surface area is 95.2 Å². The van der Waals surface area contributed by atoms with Gasteiger partial charge in [0.25, 0.3) is 0 Å². The fraction of sp³-hybridized carbons (Fsp3) is 0.818. The van der Waals surface area contributed by atoms with Crippen molar-refractivity contribution >= 4 is 11.9 Å². The monoisotopic (exact) mass is 229 g/mol. The minimum absolute atomic E-state index is 0.0385. The van der Waals surface area contributed by atoms with Crippen LogP contribution in [0.2, 0.25) is 0 Å². The predicted molar refractivity (Wildman–Crippen MR) is 58.0 cm³/mol. The normalized spacial score (nSPS) is 24.3. The molecule has 0 spiro atoms. The summed E-state index contributed by atoms with van der Waals surface area (Å²) in [7, 11) is 0. The minimum Gasteiger partial charge on any atom is -0.481 e. The molecule has 0 aromatic carbocycles. The summed E-state index contributed by atoms with van der Waals surface area (Å²) in [5.41, 5.74) is 0. The second-order valence-electron chi connectivity index (χ2n) is 4.03. The summed E-state index contributed by atoms with van der Waals surface area (Å²) >= 11 is 0. The van der Waals surface area contributed by atoms with Gasteiger partial charge in [-0.2, -0.15) is 0 Å². The number of carboxylic acids is 1. The van der Waals surface area contributed by atoms with Gasteiger partial charge in [-0.25, -0.2) is 0 Å². The third kappa shape index (κ3) is 3.81. The van der Waals surface area contributed by atoms with Gasteiger partial charge in [0.15, 0.2) is 0 Å². The molecule has 0 saturated heterocycles. The Bertz CT molecular complexity index is 254. The van der Waals surface area contributed by atoms with Gasteiger partial charge in [0.2, 0.25) is 5.91 Å². The summed E-state index contributed by atoms with van der Waals surface area (Å²) < 4.78 is 5.10. The van der Waals surface area contributed by atoms with Crippen molar-refractivity contribution in [2.24, 2.45) is 11.8 Å². The second kappa shape index (κ2) is 6.48. The van der Waals surface area contributed by atoms with Gasteiger partial charge in [0.05, 0.1) is 12.5 Å². The van der Waals surface area contributed by atoms with Crippen molar-refractivity contribution in [3.05, 3.63) is 0 Å². The summed E-state index contributed by atoms with van der Waals surface area (Å²) in [5.74, 6) is -1.31. The van der Waals surface area contributed by atoms with E-state index in [-0.39, 0.29) is 17.7 Å². The summed E-state index contributed by atoms with van der Waals surface area (Å²) in [6, 6.07) is 0. The molecule has 1 amide bonds. The van der Waals surface area contributed by atoms with Crippen LogP contribution in [-0.2, 0) is 14.3 Å². The van der Waals surface area contributed by atoms with Gasteiger partial charge in [0.1, 0.15) is 0 Å². The Kier molecular flexibility index (Phi) is 5.25. The van der Waals surface area contributed by atoms with Gasteiger partial charge in [-0.3, -0.25) is 9.59 Å². The van der Waals surface area contributed by atoms with E-state index >= 15 is 0 Å². The number of amides is 1. The van der Waals surface area contributed by atoms with E-state index in [4.69, 9.17) is 9.84 Å². The maximum absolute atomic E-state index is 11.6. The third-order valence-corrected chi connectivity index (χ3v) is 2.90. The molecule has 5 heteroatoms. The molecule has 1 rings (SSSR count). The first-order valence-electron chi connectivity index (χ1n) is 5.73. The zero-order valence-electron chi connectivity index (χ0n) is 9.57. The van der Waals surface area contributed by atoms with Crippen LogP contribution in [0.5, 0.6) is 0 Å². The summed E-state index contributed by atoms with van der Waals surface area (Å²) in [5, 5.41) is 11.6. The Balaban J connectivity index is 2.20. The summed E-state index contributed by atoms with van der Waals surface area (Å²) in [6.45, 7) is 3.55. The van der Waals surface area contributed by atoms with Crippen molar-refractivity contribution in [1.82, 2.24) is 5.32 Å². The molecule has 5 nitrogen and oxygen atoms in total. The Morgan fingerprint density at radius 3 is 2.62 bits per heavy atom. The highest BCUT2D eigenvalue weighted by atomic mass is 16.5. The number of rotatable bonds is 6. The molecule has 1 saturated carbocycles. The second-order valence-corrected chi connectivity index (χ2v) is 4.03. The topological polar surface area (TPSA) is 75.6 Å². The van der Waals surface area contributed by atoms with Crippen LogP contribution in [0.25, 0.3) is 0 Å². The van der Waals surface area contributed by atoms with E-state index in [0.29, 0.717) is 39.0 Å². The minimum atomic E-state index is -0.787. The molecular formula is C11H19NO4. The lowest BCUT2D eigenvalue weighted by Crippen LogP contribution is -2.32. The van der Waals surface area contributed by atoms with Crippen molar-refractivity contribution in [2.45, 2.75) is 26.2 Å². The SMILES string of the molecule is CCOCCNC(=O)[C@@H]1CC[C@H](C(=O)O)C1. The van der Waals surface area contributed by atoms with Crippen LogP contribution in [0.1, 0.15) is 26.2 Å². The maximum Gasteiger partial charge on any atom is 0.306 e. The predicted octanol–water partition coefficient (Wildman–Crippen LogP) is 0.640. The highest BCUT2D eigenvalue weighted by Gasteiger charge is 2.33. The van der Waals surface area contributed by atoms with E-state index in [1.807, 2.05) is 6.92 Å². The molecule has 1 aliphatic rings. The molecule has 0 radical (unpaired) electrons. The van der Waals surface area contributed by atoms with Crippen LogP contribution in [0.3, 0.4) is 0 Å². The quantitative estimate of drug-likeness (QED) is 0.655. The lowest BCUT2D eigenvalue weighted by Gasteiger charge is -2.10. The molecule has 1 aliphatic carbocycles. The zero-order chi connectivity index (χ0) is 12.0. The number of ether oxygens (including phenoxy) is 1. The molecule has 16 heavy (non-hydrogen) atoms. The van der Waals surface area contributed by atoms with Crippen molar-refractivity contribution in [2.75, 3.05) is 19.8 Å². The smallest absolute Gasteiger partial charge is 0.306 e. The largest absolute Gasteiger partial charge is 0.481 e. The number of carbonyl (C=O) groups is 2. The molecule has 0 heterocycles. The summed E-state index contributed by atoms with van der Waals surface area (Å²) in [6.07, 6.45) is 1.76. The molecule has 1 fully saturated rings. The van der Waals surface area contributed by atoms with Gasteiger partial charge in [-0.1, -0.05) is 0 Å². The molecule has 2 N–H and O–H groups in total. The molecule has 2 atom stereocenters. The van der Waals surface area contributed by atoms with E-state index < -0.39 is 5.97 Å². The number of carboxylic acid groups (broad SMARTS) is 1. The Morgan fingerprint density at radius 2 is 2.06 bits per heavy atom. The van der Waals surface area contributed by atoms with Crippen molar-refractivity contribution in [3.8, 4) is 0 Å². The first kappa shape index (κ1) is 13.0. The Hall–Kier alpha value is -1.10. The lowest BCUT2D eigenvalue weighted by atomic mass is 10.0. The Morgan fingerprint density at radius 1 is 1.38 bits per heavy atom. The van der Waals surface area contributed by atoms with Gasteiger partial charge in [-0.15, -0.1) is 0 Å². The fourth-order valence-electron chi connectivity index (χ4n) is 1.98. The van der Waals surface area contributed by atoms with Crippen LogP contribution in [0, 0.1) is 11.8 Å². The lowest BCUT2D eigenvalue weighted by molar-refractivity contribution is -0.141. The van der Waals surface area contributed by atoms with Crippen LogP contribution < -0.4 is 5.32 Å². The van der Waals surface area contributed by atoms with Gasteiger partial charge < -0.3 is 15.2 Å². The molecule has 92 valence electrons. The van der Waals surface area contributed by atoms with Gasteiger partial charge in [0, 0.05) is 19.1 Å². The number of nitrogens with one attached hydrogen (secondary N) is 1. The first-order valence-corrected chi connectivity index (χ1v) is 5.73. The number of hydrogen-bond acceptors (Lipinski definition) is 3. The molecular weight excluding hydrogens is 210 g/mol. The number of carbonyl (C=O) groups excluding carboxylic acids is 1.